The number of benzene rings is 1. The molecule has 3 rings (SSSR count). The van der Waals surface area contributed by atoms with Gasteiger partial charge in [0.2, 0.25) is 0 Å². The number of hydrogen-bond donors (Lipinski definition) is 1. The minimum atomic E-state index is 0.989. The van der Waals surface area contributed by atoms with Gasteiger partial charge in [0.25, 0.3) is 0 Å². The molecule has 1 heterocycles. The maximum Gasteiger partial charge on any atom is 0.0400 e. The van der Waals surface area contributed by atoms with Crippen LogP contribution >= 0.6 is 0 Å². The molecule has 0 saturated carbocycles. The van der Waals surface area contributed by atoms with E-state index in [1.165, 1.54) is 29.7 Å². The van der Waals surface area contributed by atoms with E-state index in [2.05, 4.69) is 41.7 Å². The molecule has 2 aliphatic rings. The molecule has 0 saturated heterocycles. The fourth-order valence-electron chi connectivity index (χ4n) is 2.41. The quantitative estimate of drug-likeness (QED) is 0.673. The number of rotatable bonds is 0. The minimum Gasteiger partial charge on any atom is -0.381 e. The molecule has 15 heavy (non-hydrogen) atoms. The number of para-hydroxylation sites is 1. The highest BCUT2D eigenvalue weighted by atomic mass is 14.9. The van der Waals surface area contributed by atoms with Gasteiger partial charge in [-0.15, -0.1) is 0 Å². The third-order valence-corrected chi connectivity index (χ3v) is 3.28. The van der Waals surface area contributed by atoms with Crippen LogP contribution in [0.15, 0.2) is 47.6 Å². The summed E-state index contributed by atoms with van der Waals surface area (Å²) in [5.74, 6) is 0. The van der Waals surface area contributed by atoms with Crippen LogP contribution in [0.4, 0.5) is 5.69 Å². The molecule has 0 spiro atoms. The van der Waals surface area contributed by atoms with E-state index < -0.39 is 0 Å². The molecule has 0 radical (unpaired) electrons. The fourth-order valence-corrected chi connectivity index (χ4v) is 2.41. The summed E-state index contributed by atoms with van der Waals surface area (Å²) in [4.78, 5) is 0. The van der Waals surface area contributed by atoms with E-state index in [0.717, 1.165) is 13.0 Å². The Hall–Kier alpha value is -1.50. The van der Waals surface area contributed by atoms with E-state index in [9.17, 15) is 0 Å². The van der Waals surface area contributed by atoms with Crippen LogP contribution in [0.1, 0.15) is 18.4 Å². The predicted molar refractivity (Wildman–Crippen MR) is 64.0 cm³/mol. The third kappa shape index (κ3) is 1.58. The van der Waals surface area contributed by atoms with Crippen molar-refractivity contribution in [3.8, 4) is 0 Å². The van der Waals surface area contributed by atoms with Crippen molar-refractivity contribution in [2.45, 2.75) is 19.3 Å². The molecular formula is C14H15N. The fraction of sp³-hybridized carbons (Fsp3) is 0.286. The van der Waals surface area contributed by atoms with Crippen molar-refractivity contribution in [3.63, 3.8) is 0 Å². The van der Waals surface area contributed by atoms with Crippen LogP contribution in [-0.4, -0.2) is 6.54 Å². The van der Waals surface area contributed by atoms with Gasteiger partial charge in [0.05, 0.1) is 0 Å². The summed E-state index contributed by atoms with van der Waals surface area (Å²) >= 11 is 0. The Balaban J connectivity index is 2.01. The van der Waals surface area contributed by atoms with Gasteiger partial charge in [-0.05, 0) is 36.5 Å². The lowest BCUT2D eigenvalue weighted by atomic mass is 9.93. The highest BCUT2D eigenvalue weighted by Crippen LogP contribution is 2.29. The summed E-state index contributed by atoms with van der Waals surface area (Å²) in [5, 5.41) is 3.52. The molecule has 0 amide bonds. The molecule has 1 nitrogen and oxygen atoms in total. The first-order valence-electron chi connectivity index (χ1n) is 5.63. The Morgan fingerprint density at radius 3 is 3.07 bits per heavy atom. The van der Waals surface area contributed by atoms with Crippen molar-refractivity contribution in [3.05, 3.63) is 53.1 Å². The second kappa shape index (κ2) is 3.58. The lowest BCUT2D eigenvalue weighted by Crippen LogP contribution is -2.04. The first-order chi connectivity index (χ1) is 7.43. The number of nitrogens with one attached hydrogen (secondary N) is 1. The van der Waals surface area contributed by atoms with Gasteiger partial charge in [-0.25, -0.2) is 0 Å². The normalized spacial score (nSPS) is 18.9. The molecular weight excluding hydrogens is 182 g/mol. The average molecular weight is 197 g/mol. The molecule has 0 unspecified atom stereocenters. The Bertz CT molecular complexity index is 440. The number of anilines is 1. The smallest absolute Gasteiger partial charge is 0.0400 e. The Kier molecular flexibility index (Phi) is 2.09. The largest absolute Gasteiger partial charge is 0.381 e. The molecule has 1 heteroatoms. The summed E-state index contributed by atoms with van der Waals surface area (Å²) in [6.07, 6.45) is 8.15. The zero-order valence-corrected chi connectivity index (χ0v) is 8.79. The first kappa shape index (κ1) is 8.78. The van der Waals surface area contributed by atoms with Gasteiger partial charge < -0.3 is 5.32 Å². The van der Waals surface area contributed by atoms with Crippen molar-refractivity contribution in [2.75, 3.05) is 11.9 Å². The number of fused-ring (bicyclic) bond motifs is 1. The Morgan fingerprint density at radius 1 is 1.13 bits per heavy atom. The summed E-state index contributed by atoms with van der Waals surface area (Å²) < 4.78 is 0. The van der Waals surface area contributed by atoms with Crippen molar-refractivity contribution in [1.29, 1.82) is 0 Å². The highest BCUT2D eigenvalue weighted by molar-refractivity contribution is 5.57. The molecule has 0 bridgehead atoms. The minimum absolute atomic E-state index is 0.989. The van der Waals surface area contributed by atoms with Crippen LogP contribution in [0, 0.1) is 0 Å². The van der Waals surface area contributed by atoms with E-state index in [4.69, 9.17) is 0 Å². The first-order valence-corrected chi connectivity index (χ1v) is 5.63. The Labute approximate surface area is 90.5 Å². The van der Waals surface area contributed by atoms with Gasteiger partial charge in [0, 0.05) is 12.2 Å². The lowest BCUT2D eigenvalue weighted by molar-refractivity contribution is 0.893. The zero-order chi connectivity index (χ0) is 10.1. The summed E-state index contributed by atoms with van der Waals surface area (Å²) in [5.41, 5.74) is 5.87. The summed E-state index contributed by atoms with van der Waals surface area (Å²) in [6.45, 7) is 0.989. The topological polar surface area (TPSA) is 12.0 Å². The van der Waals surface area contributed by atoms with Gasteiger partial charge in [-0.3, -0.25) is 0 Å². The van der Waals surface area contributed by atoms with E-state index in [1.807, 2.05) is 0 Å². The van der Waals surface area contributed by atoms with E-state index >= 15 is 0 Å². The molecule has 1 aromatic rings. The SMILES string of the molecule is C1=CC2=C(CC1)Cc1ccccc1NC2. The average Bonchev–Trinajstić information content (AvgIpc) is 2.48. The van der Waals surface area contributed by atoms with Crippen LogP contribution in [-0.2, 0) is 6.42 Å². The van der Waals surface area contributed by atoms with Crippen molar-refractivity contribution < 1.29 is 0 Å². The van der Waals surface area contributed by atoms with E-state index in [1.54, 1.807) is 5.57 Å². The van der Waals surface area contributed by atoms with Gasteiger partial charge in [-0.1, -0.05) is 35.9 Å². The van der Waals surface area contributed by atoms with Gasteiger partial charge in [0.15, 0.2) is 0 Å². The van der Waals surface area contributed by atoms with E-state index in [0.29, 0.717) is 0 Å². The summed E-state index contributed by atoms with van der Waals surface area (Å²) in [7, 11) is 0. The van der Waals surface area contributed by atoms with Crippen molar-refractivity contribution in [1.82, 2.24) is 0 Å². The Morgan fingerprint density at radius 2 is 2.07 bits per heavy atom. The highest BCUT2D eigenvalue weighted by Gasteiger charge is 2.14. The standard InChI is InChI=1S/C14H15N/c1-2-7-13-10-15-14-8-4-3-6-12(14)9-11(13)5-1/h2-4,6-8,15H,1,5,9-10H2. The van der Waals surface area contributed by atoms with Crippen LogP contribution in [0.5, 0.6) is 0 Å². The monoisotopic (exact) mass is 197 g/mol. The predicted octanol–water partition coefficient (Wildman–Crippen LogP) is 3.30. The second-order valence-corrected chi connectivity index (χ2v) is 4.26. The van der Waals surface area contributed by atoms with Crippen LogP contribution in [0.25, 0.3) is 0 Å². The number of allylic oxidation sites excluding steroid dienone is 2. The summed E-state index contributed by atoms with van der Waals surface area (Å²) in [6, 6.07) is 8.64. The third-order valence-electron chi connectivity index (χ3n) is 3.28. The maximum absolute atomic E-state index is 3.52. The van der Waals surface area contributed by atoms with Crippen LogP contribution in [0.3, 0.4) is 0 Å². The van der Waals surface area contributed by atoms with Crippen molar-refractivity contribution in [2.24, 2.45) is 0 Å². The molecule has 0 aromatic heterocycles. The second-order valence-electron chi connectivity index (χ2n) is 4.26. The lowest BCUT2D eigenvalue weighted by Gasteiger charge is -2.12. The molecule has 1 aliphatic carbocycles. The number of hydrogen-bond acceptors (Lipinski definition) is 1. The van der Waals surface area contributed by atoms with Gasteiger partial charge in [-0.2, -0.15) is 0 Å². The van der Waals surface area contributed by atoms with Gasteiger partial charge in [0.1, 0.15) is 0 Å². The van der Waals surface area contributed by atoms with Gasteiger partial charge >= 0.3 is 0 Å². The molecule has 1 aromatic carbocycles. The molecule has 1 aliphatic heterocycles. The molecule has 76 valence electrons. The van der Waals surface area contributed by atoms with Crippen LogP contribution < -0.4 is 5.32 Å². The molecule has 0 fully saturated rings. The maximum atomic E-state index is 3.52. The molecule has 0 atom stereocenters. The zero-order valence-electron chi connectivity index (χ0n) is 8.79. The van der Waals surface area contributed by atoms with E-state index in [-0.39, 0.29) is 0 Å². The van der Waals surface area contributed by atoms with Crippen molar-refractivity contribution >= 4 is 5.69 Å². The molecule has 1 N–H and O–H groups in total. The van der Waals surface area contributed by atoms with Crippen LogP contribution in [0.2, 0.25) is 0 Å².